The SMILES string of the molecule is c1ccc(-c2ccc(N(c3cc(N(c4ccccc4)c4cccc5ccccc45)cc(N(c4ccccc4)c4cccc5ccccc45)c3)c3cccc4c3oc3ccccc34)cc2)cc1. The third kappa shape index (κ3) is 6.98. The van der Waals surface area contributed by atoms with E-state index in [0.29, 0.717) is 0 Å². The van der Waals surface area contributed by atoms with Crippen LogP contribution in [-0.4, -0.2) is 0 Å². The van der Waals surface area contributed by atoms with Gasteiger partial charge in [0.15, 0.2) is 5.58 Å². The van der Waals surface area contributed by atoms with E-state index in [1.54, 1.807) is 0 Å². The van der Waals surface area contributed by atoms with E-state index in [1.165, 1.54) is 16.3 Å². The molecule has 0 atom stereocenters. The summed E-state index contributed by atoms with van der Waals surface area (Å²) in [5.41, 5.74) is 13.1. The van der Waals surface area contributed by atoms with Gasteiger partial charge in [-0.25, -0.2) is 0 Å². The smallest absolute Gasteiger partial charge is 0.159 e. The third-order valence-corrected chi connectivity index (χ3v) is 12.6. The van der Waals surface area contributed by atoms with Crippen LogP contribution in [-0.2, 0) is 0 Å². The lowest BCUT2D eigenvalue weighted by Gasteiger charge is -2.33. The molecule has 0 spiro atoms. The summed E-state index contributed by atoms with van der Waals surface area (Å²) < 4.78 is 6.87. The fourth-order valence-corrected chi connectivity index (χ4v) is 9.55. The number of fused-ring (bicyclic) bond motifs is 5. The molecule has 4 nitrogen and oxygen atoms in total. The first-order chi connectivity index (χ1) is 32.7. The van der Waals surface area contributed by atoms with Crippen LogP contribution in [0.3, 0.4) is 0 Å². The van der Waals surface area contributed by atoms with Crippen LogP contribution in [0.1, 0.15) is 0 Å². The second-order valence-corrected chi connectivity index (χ2v) is 16.5. The minimum Gasteiger partial charge on any atom is -0.454 e. The fraction of sp³-hybridized carbons (Fsp3) is 0. The Morgan fingerprint density at radius 1 is 0.242 bits per heavy atom. The zero-order valence-corrected chi connectivity index (χ0v) is 36.1. The van der Waals surface area contributed by atoms with Crippen molar-refractivity contribution < 1.29 is 4.42 Å². The molecule has 0 saturated carbocycles. The molecule has 4 heteroatoms. The van der Waals surface area contributed by atoms with Gasteiger partial charge in [-0.2, -0.15) is 0 Å². The van der Waals surface area contributed by atoms with Crippen molar-refractivity contribution in [2.24, 2.45) is 0 Å². The van der Waals surface area contributed by atoms with Crippen molar-refractivity contribution in [1.29, 1.82) is 0 Å². The lowest BCUT2D eigenvalue weighted by atomic mass is 10.0. The highest BCUT2D eigenvalue weighted by Crippen LogP contribution is 2.49. The van der Waals surface area contributed by atoms with Gasteiger partial charge >= 0.3 is 0 Å². The second kappa shape index (κ2) is 16.7. The van der Waals surface area contributed by atoms with Crippen LogP contribution in [0, 0.1) is 0 Å². The van der Waals surface area contributed by atoms with E-state index in [2.05, 4.69) is 269 Å². The van der Waals surface area contributed by atoms with Gasteiger partial charge in [0.1, 0.15) is 5.58 Å². The molecule has 0 fully saturated rings. The molecule has 0 N–H and O–H groups in total. The Balaban J connectivity index is 1.18. The number of furan rings is 1. The highest BCUT2D eigenvalue weighted by atomic mass is 16.3. The molecule has 66 heavy (non-hydrogen) atoms. The highest BCUT2D eigenvalue weighted by molar-refractivity contribution is 6.11. The van der Waals surface area contributed by atoms with E-state index in [9.17, 15) is 0 Å². The predicted octanol–water partition coefficient (Wildman–Crippen LogP) is 18.0. The minimum atomic E-state index is 0.820. The molecule has 0 unspecified atom stereocenters. The number of anilines is 9. The molecule has 0 saturated heterocycles. The van der Waals surface area contributed by atoms with E-state index < -0.39 is 0 Å². The molecular weight excluding hydrogens is 803 g/mol. The van der Waals surface area contributed by atoms with Crippen LogP contribution in [0.25, 0.3) is 54.6 Å². The molecule has 12 rings (SSSR count). The average Bonchev–Trinajstić information content (AvgIpc) is 3.78. The topological polar surface area (TPSA) is 22.9 Å². The van der Waals surface area contributed by atoms with E-state index in [1.807, 2.05) is 6.07 Å². The number of hydrogen-bond donors (Lipinski definition) is 0. The first-order valence-electron chi connectivity index (χ1n) is 22.4. The van der Waals surface area contributed by atoms with Gasteiger partial charge < -0.3 is 19.1 Å². The Labute approximate surface area is 384 Å². The molecule has 0 amide bonds. The Morgan fingerprint density at radius 2 is 0.621 bits per heavy atom. The summed E-state index contributed by atoms with van der Waals surface area (Å²) in [6.45, 7) is 0. The van der Waals surface area contributed by atoms with Crippen LogP contribution >= 0.6 is 0 Å². The van der Waals surface area contributed by atoms with E-state index in [0.717, 1.165) is 89.5 Å². The quantitative estimate of drug-likeness (QED) is 0.137. The van der Waals surface area contributed by atoms with E-state index in [-0.39, 0.29) is 0 Å². The Kier molecular flexibility index (Phi) is 9.81. The summed E-state index contributed by atoms with van der Waals surface area (Å²) in [5.74, 6) is 0. The van der Waals surface area contributed by atoms with Crippen molar-refractivity contribution in [2.45, 2.75) is 0 Å². The van der Waals surface area contributed by atoms with Crippen molar-refractivity contribution in [3.05, 3.63) is 261 Å². The molecule has 0 radical (unpaired) electrons. The molecule has 1 aromatic heterocycles. The van der Waals surface area contributed by atoms with Crippen LogP contribution in [0.15, 0.2) is 265 Å². The largest absolute Gasteiger partial charge is 0.454 e. The molecule has 0 bridgehead atoms. The second-order valence-electron chi connectivity index (χ2n) is 16.5. The first kappa shape index (κ1) is 38.8. The number of hydrogen-bond acceptors (Lipinski definition) is 4. The summed E-state index contributed by atoms with van der Waals surface area (Å²) in [6.07, 6.45) is 0. The van der Waals surface area contributed by atoms with E-state index in [4.69, 9.17) is 4.42 Å². The monoisotopic (exact) mass is 845 g/mol. The maximum Gasteiger partial charge on any atom is 0.159 e. The Hall–Kier alpha value is -8.86. The van der Waals surface area contributed by atoms with Gasteiger partial charge in [0.05, 0.1) is 34.1 Å². The normalized spacial score (nSPS) is 11.3. The fourth-order valence-electron chi connectivity index (χ4n) is 9.55. The minimum absolute atomic E-state index is 0.820. The summed E-state index contributed by atoms with van der Waals surface area (Å²) in [7, 11) is 0. The van der Waals surface area contributed by atoms with Crippen LogP contribution in [0.4, 0.5) is 51.2 Å². The molecule has 11 aromatic carbocycles. The average molecular weight is 846 g/mol. The summed E-state index contributed by atoms with van der Waals surface area (Å²) in [6, 6.07) is 93.2. The maximum atomic E-state index is 6.87. The number of para-hydroxylation sites is 4. The molecular formula is C62H43N3O. The summed E-state index contributed by atoms with van der Waals surface area (Å²) >= 11 is 0. The van der Waals surface area contributed by atoms with Crippen LogP contribution < -0.4 is 14.7 Å². The van der Waals surface area contributed by atoms with Gasteiger partial charge in [-0.1, -0.05) is 182 Å². The number of benzene rings is 11. The zero-order valence-electron chi connectivity index (χ0n) is 36.1. The van der Waals surface area contributed by atoms with Gasteiger partial charge in [-0.3, -0.25) is 0 Å². The molecule has 0 aliphatic rings. The summed E-state index contributed by atoms with van der Waals surface area (Å²) in [5, 5.41) is 6.81. The highest BCUT2D eigenvalue weighted by Gasteiger charge is 2.25. The van der Waals surface area contributed by atoms with Crippen molar-refractivity contribution in [1.82, 2.24) is 0 Å². The van der Waals surface area contributed by atoms with Crippen LogP contribution in [0.2, 0.25) is 0 Å². The van der Waals surface area contributed by atoms with Crippen molar-refractivity contribution >= 4 is 94.7 Å². The zero-order chi connectivity index (χ0) is 43.8. The molecule has 1 heterocycles. The maximum absolute atomic E-state index is 6.87. The molecule has 0 aliphatic heterocycles. The lowest BCUT2D eigenvalue weighted by molar-refractivity contribution is 0.669. The van der Waals surface area contributed by atoms with Gasteiger partial charge in [0.2, 0.25) is 0 Å². The van der Waals surface area contributed by atoms with Gasteiger partial charge in [-0.05, 0) is 101 Å². The Morgan fingerprint density at radius 3 is 1.18 bits per heavy atom. The van der Waals surface area contributed by atoms with Crippen molar-refractivity contribution in [2.75, 3.05) is 14.7 Å². The molecule has 12 aromatic rings. The summed E-state index contributed by atoms with van der Waals surface area (Å²) in [4.78, 5) is 7.17. The standard InChI is InChI=1S/C62H43N3O/c1-4-19-44(20-5-1)45-37-39-50(40-38-45)65(60-35-18-32-57-56-31-14-15-36-61(56)66-62(57)60)53-42-51(63(48-25-6-2-7-26-48)58-33-16-23-46-21-10-12-29-54(46)58)41-52(43-53)64(49-27-8-3-9-28-49)59-34-17-24-47-22-11-13-30-55(47)59/h1-43H. The number of rotatable bonds is 10. The van der Waals surface area contributed by atoms with Gasteiger partial charge in [-0.15, -0.1) is 0 Å². The molecule has 0 aliphatic carbocycles. The van der Waals surface area contributed by atoms with Gasteiger partial charge in [0, 0.05) is 38.6 Å². The molecule has 312 valence electrons. The van der Waals surface area contributed by atoms with Crippen molar-refractivity contribution in [3.63, 3.8) is 0 Å². The van der Waals surface area contributed by atoms with E-state index >= 15 is 0 Å². The lowest BCUT2D eigenvalue weighted by Crippen LogP contribution is -2.16. The first-order valence-corrected chi connectivity index (χ1v) is 22.4. The van der Waals surface area contributed by atoms with Gasteiger partial charge in [0.25, 0.3) is 0 Å². The Bertz CT molecular complexity index is 3510. The number of nitrogens with zero attached hydrogens (tertiary/aromatic N) is 3. The third-order valence-electron chi connectivity index (χ3n) is 12.6. The van der Waals surface area contributed by atoms with Crippen LogP contribution in [0.5, 0.6) is 0 Å². The predicted molar refractivity (Wildman–Crippen MR) is 278 cm³/mol. The van der Waals surface area contributed by atoms with Crippen molar-refractivity contribution in [3.8, 4) is 11.1 Å².